The van der Waals surface area contributed by atoms with E-state index in [4.69, 9.17) is 14.6 Å². The average molecular weight is 294 g/mol. The van der Waals surface area contributed by atoms with E-state index in [-0.39, 0.29) is 17.9 Å². The van der Waals surface area contributed by atoms with Crippen molar-refractivity contribution in [2.24, 2.45) is 5.92 Å². The van der Waals surface area contributed by atoms with Crippen molar-refractivity contribution in [3.63, 3.8) is 0 Å². The van der Waals surface area contributed by atoms with E-state index in [1.165, 1.54) is 0 Å². The van der Waals surface area contributed by atoms with Gasteiger partial charge in [-0.1, -0.05) is 12.1 Å². The number of hydrogen-bond donors (Lipinski definition) is 3. The maximum atomic E-state index is 12.3. The summed E-state index contributed by atoms with van der Waals surface area (Å²) >= 11 is 0. The number of carbonyl (C=O) groups excluding carboxylic acids is 1. The fourth-order valence-electron chi connectivity index (χ4n) is 2.16. The molecule has 1 amide bonds. The van der Waals surface area contributed by atoms with E-state index in [1.54, 1.807) is 31.3 Å². The van der Waals surface area contributed by atoms with Crippen LogP contribution in [-0.4, -0.2) is 49.9 Å². The highest BCUT2D eigenvalue weighted by molar-refractivity contribution is 5.94. The van der Waals surface area contributed by atoms with Gasteiger partial charge in [0.25, 0.3) is 0 Å². The number of nitrogens with one attached hydrogen (secondary N) is 2. The van der Waals surface area contributed by atoms with Gasteiger partial charge in [-0.25, -0.2) is 4.79 Å². The molecule has 1 aromatic rings. The highest BCUT2D eigenvalue weighted by Crippen LogP contribution is 2.25. The first-order valence-corrected chi connectivity index (χ1v) is 6.61. The van der Waals surface area contributed by atoms with Crippen molar-refractivity contribution in [3.05, 3.63) is 24.3 Å². The lowest BCUT2D eigenvalue weighted by Crippen LogP contribution is -2.39. The first-order valence-electron chi connectivity index (χ1n) is 6.61. The van der Waals surface area contributed by atoms with Gasteiger partial charge in [-0.2, -0.15) is 0 Å². The molecule has 0 aliphatic carbocycles. The molecule has 2 unspecified atom stereocenters. The van der Waals surface area contributed by atoms with Crippen LogP contribution in [-0.2, 0) is 14.3 Å². The Balaban J connectivity index is 2.05. The van der Waals surface area contributed by atoms with E-state index in [9.17, 15) is 9.59 Å². The van der Waals surface area contributed by atoms with Crippen LogP contribution in [0, 0.1) is 5.92 Å². The molecule has 0 aromatic heterocycles. The van der Waals surface area contributed by atoms with Crippen molar-refractivity contribution in [3.8, 4) is 5.75 Å². The van der Waals surface area contributed by atoms with Gasteiger partial charge in [0.15, 0.2) is 6.61 Å². The summed E-state index contributed by atoms with van der Waals surface area (Å²) in [5.74, 6) is -1.22. The van der Waals surface area contributed by atoms with Crippen molar-refractivity contribution in [1.29, 1.82) is 0 Å². The van der Waals surface area contributed by atoms with Gasteiger partial charge in [0.1, 0.15) is 5.75 Å². The number of ether oxygens (including phenoxy) is 2. The Morgan fingerprint density at radius 3 is 2.86 bits per heavy atom. The van der Waals surface area contributed by atoms with Gasteiger partial charge in [0, 0.05) is 6.04 Å². The first-order chi connectivity index (χ1) is 10.1. The Labute approximate surface area is 122 Å². The van der Waals surface area contributed by atoms with Crippen LogP contribution in [0.4, 0.5) is 5.69 Å². The van der Waals surface area contributed by atoms with Crippen molar-refractivity contribution >= 4 is 17.6 Å². The number of likely N-dealkylation sites (N-methyl/N-ethyl adjacent to an activating group) is 1. The monoisotopic (exact) mass is 294 g/mol. The molecule has 21 heavy (non-hydrogen) atoms. The zero-order chi connectivity index (χ0) is 15.2. The number of rotatable bonds is 6. The van der Waals surface area contributed by atoms with Gasteiger partial charge in [0.2, 0.25) is 5.91 Å². The second-order valence-electron chi connectivity index (χ2n) is 4.71. The first kappa shape index (κ1) is 15.3. The third-order valence-electron chi connectivity index (χ3n) is 3.28. The summed E-state index contributed by atoms with van der Waals surface area (Å²) < 4.78 is 10.5. The molecule has 0 radical (unpaired) electrons. The van der Waals surface area contributed by atoms with Gasteiger partial charge in [-0.05, 0) is 19.2 Å². The fraction of sp³-hybridized carbons (Fsp3) is 0.429. The number of amides is 1. The van der Waals surface area contributed by atoms with Crippen molar-refractivity contribution in [1.82, 2.24) is 5.32 Å². The zero-order valence-corrected chi connectivity index (χ0v) is 11.7. The molecule has 3 N–H and O–H groups in total. The van der Waals surface area contributed by atoms with Crippen LogP contribution in [0.25, 0.3) is 0 Å². The molecule has 1 fully saturated rings. The predicted molar refractivity (Wildman–Crippen MR) is 75.4 cm³/mol. The maximum absolute atomic E-state index is 12.3. The summed E-state index contributed by atoms with van der Waals surface area (Å²) in [4.78, 5) is 22.8. The summed E-state index contributed by atoms with van der Waals surface area (Å²) in [5, 5.41) is 14.5. The van der Waals surface area contributed by atoms with E-state index in [1.807, 2.05) is 0 Å². The zero-order valence-electron chi connectivity index (χ0n) is 11.7. The molecule has 1 saturated heterocycles. The van der Waals surface area contributed by atoms with Gasteiger partial charge in [0.05, 0.1) is 24.8 Å². The van der Waals surface area contributed by atoms with Crippen LogP contribution >= 0.6 is 0 Å². The van der Waals surface area contributed by atoms with Gasteiger partial charge in [-0.15, -0.1) is 0 Å². The minimum atomic E-state index is -1.07. The second kappa shape index (κ2) is 7.05. The van der Waals surface area contributed by atoms with Crippen LogP contribution in [0.15, 0.2) is 24.3 Å². The summed E-state index contributed by atoms with van der Waals surface area (Å²) in [6, 6.07) is 6.70. The molecule has 7 nitrogen and oxygen atoms in total. The van der Waals surface area contributed by atoms with Crippen LogP contribution in [0.5, 0.6) is 5.75 Å². The van der Waals surface area contributed by atoms with E-state index < -0.39 is 12.6 Å². The molecule has 1 aliphatic heterocycles. The van der Waals surface area contributed by atoms with Gasteiger partial charge < -0.3 is 25.2 Å². The van der Waals surface area contributed by atoms with Crippen LogP contribution in [0.3, 0.4) is 0 Å². The summed E-state index contributed by atoms with van der Waals surface area (Å²) in [5.41, 5.74) is 0.450. The lowest BCUT2D eigenvalue weighted by Gasteiger charge is -2.17. The molecule has 0 saturated carbocycles. The number of anilines is 1. The van der Waals surface area contributed by atoms with E-state index in [0.29, 0.717) is 24.7 Å². The smallest absolute Gasteiger partial charge is 0.341 e. The molecular formula is C14H18N2O5. The van der Waals surface area contributed by atoms with Crippen LogP contribution < -0.4 is 15.4 Å². The van der Waals surface area contributed by atoms with Crippen LogP contribution in [0.2, 0.25) is 0 Å². The largest absolute Gasteiger partial charge is 0.480 e. The molecule has 7 heteroatoms. The molecule has 114 valence electrons. The maximum Gasteiger partial charge on any atom is 0.341 e. The molecule has 2 rings (SSSR count). The number of carboxylic acid groups (broad SMARTS) is 1. The van der Waals surface area contributed by atoms with Gasteiger partial charge >= 0.3 is 5.97 Å². The number of aliphatic carboxylic acids is 1. The average Bonchev–Trinajstić information content (AvgIpc) is 2.94. The number of para-hydroxylation sites is 2. The standard InChI is InChI=1S/C14H18N2O5/c1-15-11-7-20-6-9(11)14(19)16-10-4-2-3-5-12(10)21-8-13(17)18/h2-5,9,11,15H,6-8H2,1H3,(H,16,19)(H,17,18). The topological polar surface area (TPSA) is 96.9 Å². The Hall–Kier alpha value is -2.12. The fourth-order valence-corrected chi connectivity index (χ4v) is 2.16. The van der Waals surface area contributed by atoms with Crippen molar-refractivity contribution in [2.75, 3.05) is 32.2 Å². The normalized spacial score (nSPS) is 21.0. The quantitative estimate of drug-likeness (QED) is 0.699. The second-order valence-corrected chi connectivity index (χ2v) is 4.71. The lowest BCUT2D eigenvalue weighted by atomic mass is 10.0. The summed E-state index contributed by atoms with van der Waals surface area (Å²) in [6.45, 7) is 0.389. The van der Waals surface area contributed by atoms with Gasteiger partial charge in [-0.3, -0.25) is 4.79 Å². The minimum Gasteiger partial charge on any atom is -0.480 e. The third-order valence-corrected chi connectivity index (χ3v) is 3.28. The highest BCUT2D eigenvalue weighted by Gasteiger charge is 2.33. The predicted octanol–water partition coefficient (Wildman–Crippen LogP) is 0.323. The highest BCUT2D eigenvalue weighted by atomic mass is 16.5. The number of hydrogen-bond acceptors (Lipinski definition) is 5. The van der Waals surface area contributed by atoms with E-state index >= 15 is 0 Å². The number of carbonyl (C=O) groups is 2. The Morgan fingerprint density at radius 1 is 1.38 bits per heavy atom. The lowest BCUT2D eigenvalue weighted by molar-refractivity contribution is -0.139. The molecule has 0 bridgehead atoms. The van der Waals surface area contributed by atoms with E-state index in [0.717, 1.165) is 0 Å². The molecule has 2 atom stereocenters. The van der Waals surface area contributed by atoms with Crippen LogP contribution in [0.1, 0.15) is 0 Å². The minimum absolute atomic E-state index is 0.0305. The molecule has 1 aromatic carbocycles. The number of benzene rings is 1. The summed E-state index contributed by atoms with van der Waals surface area (Å²) in [7, 11) is 1.78. The molecule has 1 heterocycles. The third kappa shape index (κ3) is 3.93. The molecular weight excluding hydrogens is 276 g/mol. The number of carboxylic acids is 1. The van der Waals surface area contributed by atoms with E-state index in [2.05, 4.69) is 10.6 Å². The molecule has 0 spiro atoms. The molecule has 1 aliphatic rings. The van der Waals surface area contributed by atoms with Crippen molar-refractivity contribution < 1.29 is 24.2 Å². The SMILES string of the molecule is CNC1COCC1C(=O)Nc1ccccc1OCC(=O)O. The Bertz CT molecular complexity index is 520. The Kier molecular flexibility index (Phi) is 5.13. The Morgan fingerprint density at radius 2 is 2.14 bits per heavy atom. The summed E-state index contributed by atoms with van der Waals surface area (Å²) in [6.07, 6.45) is 0. The van der Waals surface area contributed by atoms with Crippen molar-refractivity contribution in [2.45, 2.75) is 6.04 Å².